The molecule has 2 aliphatic heterocycles. The number of carbonyl (C=O) groups is 1. The first-order chi connectivity index (χ1) is 11.7. The maximum Gasteiger partial charge on any atom is 0.240 e. The Morgan fingerprint density at radius 3 is 2.92 bits per heavy atom. The molecule has 2 bridgehead atoms. The molecule has 0 unspecified atom stereocenters. The van der Waals surface area contributed by atoms with Gasteiger partial charge in [-0.1, -0.05) is 12.1 Å². The van der Waals surface area contributed by atoms with Gasteiger partial charge in [-0.15, -0.1) is 0 Å². The van der Waals surface area contributed by atoms with Crippen LogP contribution in [0.15, 0.2) is 41.1 Å². The van der Waals surface area contributed by atoms with Gasteiger partial charge in [-0.3, -0.25) is 9.69 Å². The lowest BCUT2D eigenvalue weighted by Gasteiger charge is -2.46. The second-order valence-corrected chi connectivity index (χ2v) is 7.64. The van der Waals surface area contributed by atoms with E-state index in [0.29, 0.717) is 12.5 Å². The van der Waals surface area contributed by atoms with Gasteiger partial charge in [0.05, 0.1) is 6.04 Å². The van der Waals surface area contributed by atoms with Crippen LogP contribution in [0, 0.1) is 11.7 Å². The van der Waals surface area contributed by atoms with Crippen molar-refractivity contribution in [1.82, 2.24) is 9.80 Å². The Kier molecular flexibility index (Phi) is 4.37. The van der Waals surface area contributed by atoms with Crippen LogP contribution in [0.25, 0.3) is 0 Å². The van der Waals surface area contributed by atoms with Crippen LogP contribution in [-0.4, -0.2) is 34.8 Å². The molecule has 24 heavy (non-hydrogen) atoms. The summed E-state index contributed by atoms with van der Waals surface area (Å²) in [7, 11) is 0. The van der Waals surface area contributed by atoms with E-state index in [1.807, 2.05) is 11.0 Å². The summed E-state index contributed by atoms with van der Waals surface area (Å²) < 4.78 is 13.4. The van der Waals surface area contributed by atoms with Gasteiger partial charge in [0.25, 0.3) is 0 Å². The summed E-state index contributed by atoms with van der Waals surface area (Å²) in [6.45, 7) is 3.15. The van der Waals surface area contributed by atoms with Gasteiger partial charge >= 0.3 is 0 Å². The molecule has 2 aromatic rings. The van der Waals surface area contributed by atoms with Gasteiger partial charge in [-0.2, -0.15) is 11.3 Å². The minimum absolute atomic E-state index is 0.0223. The SMILES string of the molecule is O=C1[C@H]2C[C@H](CCN2Cc2ccsc2)CN1Cc1cccc(F)c1. The van der Waals surface area contributed by atoms with Crippen molar-refractivity contribution in [3.63, 3.8) is 0 Å². The van der Waals surface area contributed by atoms with E-state index in [4.69, 9.17) is 0 Å². The average Bonchev–Trinajstić information content (AvgIpc) is 3.07. The molecule has 0 spiro atoms. The standard InChI is InChI=1S/C19H21FN2OS/c20-17-3-1-2-14(8-17)10-22-11-15-4-6-21(18(9-15)19(22)23)12-16-5-7-24-13-16/h1-3,5,7-8,13,15,18H,4,6,9-12H2/t15-,18+/m0/s1. The fourth-order valence-corrected chi connectivity index (χ4v) is 4.59. The second kappa shape index (κ2) is 6.65. The maximum atomic E-state index is 13.4. The van der Waals surface area contributed by atoms with Gasteiger partial charge in [-0.25, -0.2) is 4.39 Å². The zero-order valence-corrected chi connectivity index (χ0v) is 14.3. The van der Waals surface area contributed by atoms with Crippen molar-refractivity contribution in [3.8, 4) is 0 Å². The quantitative estimate of drug-likeness (QED) is 0.847. The summed E-state index contributed by atoms with van der Waals surface area (Å²) in [5, 5.41) is 4.24. The Bertz CT molecular complexity index is 718. The van der Waals surface area contributed by atoms with E-state index in [9.17, 15) is 9.18 Å². The first-order valence-electron chi connectivity index (χ1n) is 8.47. The number of hydrogen-bond donors (Lipinski definition) is 0. The molecule has 0 N–H and O–H groups in total. The van der Waals surface area contributed by atoms with E-state index >= 15 is 0 Å². The molecule has 0 radical (unpaired) electrons. The van der Waals surface area contributed by atoms with E-state index in [0.717, 1.165) is 38.0 Å². The Hall–Kier alpha value is -1.72. The number of nitrogens with zero attached hydrogens (tertiary/aromatic N) is 2. The summed E-state index contributed by atoms with van der Waals surface area (Å²) in [6, 6.07) is 8.69. The fraction of sp³-hybridized carbons (Fsp3) is 0.421. The van der Waals surface area contributed by atoms with Crippen LogP contribution < -0.4 is 0 Å². The highest BCUT2D eigenvalue weighted by Crippen LogP contribution is 2.32. The molecule has 126 valence electrons. The van der Waals surface area contributed by atoms with E-state index in [1.54, 1.807) is 17.4 Å². The number of thiophene rings is 1. The van der Waals surface area contributed by atoms with Crippen molar-refractivity contribution in [3.05, 3.63) is 58.0 Å². The van der Waals surface area contributed by atoms with Gasteiger partial charge < -0.3 is 4.90 Å². The van der Waals surface area contributed by atoms with Gasteiger partial charge in [0.2, 0.25) is 5.91 Å². The third kappa shape index (κ3) is 3.23. The summed E-state index contributed by atoms with van der Waals surface area (Å²) in [5.41, 5.74) is 2.15. The normalized spacial score (nSPS) is 24.4. The predicted molar refractivity (Wildman–Crippen MR) is 93.1 cm³/mol. The smallest absolute Gasteiger partial charge is 0.240 e. The van der Waals surface area contributed by atoms with Crippen molar-refractivity contribution in [2.75, 3.05) is 13.1 Å². The number of carbonyl (C=O) groups excluding carboxylic acids is 1. The number of fused-ring (bicyclic) bond motifs is 2. The van der Waals surface area contributed by atoms with Crippen molar-refractivity contribution < 1.29 is 9.18 Å². The molecular weight excluding hydrogens is 323 g/mol. The number of halogens is 1. The van der Waals surface area contributed by atoms with Gasteiger partial charge in [-0.05, 0) is 65.4 Å². The zero-order valence-electron chi connectivity index (χ0n) is 13.5. The molecule has 0 saturated carbocycles. The number of likely N-dealkylation sites (tertiary alicyclic amines) is 2. The van der Waals surface area contributed by atoms with Crippen LogP contribution in [0.5, 0.6) is 0 Å². The molecule has 5 heteroatoms. The van der Waals surface area contributed by atoms with Crippen LogP contribution in [-0.2, 0) is 17.9 Å². The molecule has 2 saturated heterocycles. The van der Waals surface area contributed by atoms with Gasteiger partial charge in [0, 0.05) is 19.6 Å². The summed E-state index contributed by atoms with van der Waals surface area (Å²) in [6.07, 6.45) is 2.09. The first kappa shape index (κ1) is 15.8. The van der Waals surface area contributed by atoms with E-state index in [-0.39, 0.29) is 17.8 Å². The first-order valence-corrected chi connectivity index (χ1v) is 9.41. The minimum atomic E-state index is -0.240. The molecule has 3 heterocycles. The van der Waals surface area contributed by atoms with Crippen LogP contribution >= 0.6 is 11.3 Å². The third-order valence-electron chi connectivity index (χ3n) is 5.13. The monoisotopic (exact) mass is 344 g/mol. The molecule has 2 fully saturated rings. The van der Waals surface area contributed by atoms with E-state index < -0.39 is 0 Å². The Morgan fingerprint density at radius 2 is 2.12 bits per heavy atom. The fourth-order valence-electron chi connectivity index (χ4n) is 3.93. The highest BCUT2D eigenvalue weighted by atomic mass is 32.1. The predicted octanol–water partition coefficient (Wildman–Crippen LogP) is 3.51. The molecule has 0 aliphatic carbocycles. The molecular formula is C19H21FN2OS. The summed E-state index contributed by atoms with van der Waals surface area (Å²) in [5.74, 6) is 0.529. The molecule has 1 aromatic carbocycles. The number of rotatable bonds is 4. The molecule has 1 aromatic heterocycles. The van der Waals surface area contributed by atoms with Crippen LogP contribution in [0.1, 0.15) is 24.0 Å². The van der Waals surface area contributed by atoms with E-state index in [1.165, 1.54) is 17.7 Å². The lowest BCUT2D eigenvalue weighted by atomic mass is 9.85. The molecule has 1 amide bonds. The number of benzene rings is 1. The van der Waals surface area contributed by atoms with Crippen molar-refractivity contribution in [1.29, 1.82) is 0 Å². The Balaban J connectivity index is 1.49. The van der Waals surface area contributed by atoms with Crippen LogP contribution in [0.2, 0.25) is 0 Å². The lowest BCUT2D eigenvalue weighted by molar-refractivity contribution is -0.146. The maximum absolute atomic E-state index is 13.4. The number of hydrogen-bond acceptors (Lipinski definition) is 3. The lowest BCUT2D eigenvalue weighted by Crippen LogP contribution is -2.58. The van der Waals surface area contributed by atoms with Crippen molar-refractivity contribution in [2.45, 2.75) is 32.0 Å². The van der Waals surface area contributed by atoms with Gasteiger partial charge in [0.15, 0.2) is 0 Å². The molecule has 2 atom stereocenters. The zero-order chi connectivity index (χ0) is 16.5. The van der Waals surface area contributed by atoms with Crippen LogP contribution in [0.4, 0.5) is 4.39 Å². The highest BCUT2D eigenvalue weighted by molar-refractivity contribution is 7.07. The largest absolute Gasteiger partial charge is 0.337 e. The average molecular weight is 344 g/mol. The topological polar surface area (TPSA) is 23.6 Å². The third-order valence-corrected chi connectivity index (χ3v) is 5.86. The second-order valence-electron chi connectivity index (χ2n) is 6.86. The van der Waals surface area contributed by atoms with Crippen LogP contribution in [0.3, 0.4) is 0 Å². The highest BCUT2D eigenvalue weighted by Gasteiger charge is 2.41. The number of piperidine rings is 2. The summed E-state index contributed by atoms with van der Waals surface area (Å²) >= 11 is 1.70. The Morgan fingerprint density at radius 1 is 1.21 bits per heavy atom. The van der Waals surface area contributed by atoms with Gasteiger partial charge in [0.1, 0.15) is 5.82 Å². The Labute approximate surface area is 145 Å². The minimum Gasteiger partial charge on any atom is -0.337 e. The van der Waals surface area contributed by atoms with E-state index in [2.05, 4.69) is 21.7 Å². The number of amides is 1. The molecule has 3 nitrogen and oxygen atoms in total. The molecule has 4 rings (SSSR count). The molecule has 2 aliphatic rings. The van der Waals surface area contributed by atoms with Crippen molar-refractivity contribution >= 4 is 17.2 Å². The van der Waals surface area contributed by atoms with Crippen molar-refractivity contribution in [2.24, 2.45) is 5.92 Å². The summed E-state index contributed by atoms with van der Waals surface area (Å²) in [4.78, 5) is 17.2.